The maximum atomic E-state index is 12.4. The molecule has 7 nitrogen and oxygen atoms in total. The number of amides is 1. The van der Waals surface area contributed by atoms with Crippen molar-refractivity contribution in [3.05, 3.63) is 70.9 Å². The molecule has 0 aliphatic heterocycles. The highest BCUT2D eigenvalue weighted by molar-refractivity contribution is 7.53. The normalized spacial score (nSPS) is 12.0. The number of nitrogens with one attached hydrogen (secondary N) is 1. The average molecular weight is 477 g/mol. The largest absolute Gasteiger partial charge is 0.364 e. The average Bonchev–Trinajstić information content (AvgIpc) is 3.23. The quantitative estimate of drug-likeness (QED) is 0.338. The van der Waals surface area contributed by atoms with E-state index in [9.17, 15) is 19.1 Å². The molecule has 0 aliphatic carbocycles. The van der Waals surface area contributed by atoms with Gasteiger partial charge < -0.3 is 19.6 Å². The fraction of sp³-hybridized carbons (Fsp3) is 0.304. The number of aromatic nitrogens is 1. The Balaban J connectivity index is 1.65. The number of rotatable bonds is 9. The van der Waals surface area contributed by atoms with Gasteiger partial charge in [0.1, 0.15) is 12.0 Å². The molecule has 1 amide bonds. The van der Waals surface area contributed by atoms with Crippen LogP contribution in [0, 0.1) is 0 Å². The van der Waals surface area contributed by atoms with E-state index < -0.39 is 12.8 Å². The molecule has 0 unspecified atom stereocenters. The number of halogens is 1. The van der Waals surface area contributed by atoms with Gasteiger partial charge in [0.15, 0.2) is 0 Å². The van der Waals surface area contributed by atoms with Gasteiger partial charge >= 0.3 is 7.60 Å². The number of hydrogen-bond acceptors (Lipinski definition) is 4. The molecule has 3 aromatic rings. The van der Waals surface area contributed by atoms with Crippen LogP contribution >= 0.6 is 19.2 Å². The number of anilines is 1. The summed E-state index contributed by atoms with van der Waals surface area (Å²) < 4.78 is 17.2. The summed E-state index contributed by atoms with van der Waals surface area (Å²) in [5.41, 5.74) is 3.47. The Morgan fingerprint density at radius 2 is 1.72 bits per heavy atom. The van der Waals surface area contributed by atoms with Crippen molar-refractivity contribution in [2.24, 2.45) is 0 Å². The van der Waals surface area contributed by atoms with E-state index in [1.807, 2.05) is 12.1 Å². The summed E-state index contributed by atoms with van der Waals surface area (Å²) in [5, 5.41) is 6.26. The Hall–Kier alpha value is -2.44. The van der Waals surface area contributed by atoms with Gasteiger partial charge in [-0.15, -0.1) is 0 Å². The molecule has 3 rings (SSSR count). The molecule has 170 valence electrons. The highest BCUT2D eigenvalue weighted by Crippen LogP contribution is 2.60. The van der Waals surface area contributed by atoms with E-state index in [4.69, 9.17) is 16.1 Å². The van der Waals surface area contributed by atoms with Crippen molar-refractivity contribution in [3.8, 4) is 11.3 Å². The topological polar surface area (TPSA) is 113 Å². The van der Waals surface area contributed by atoms with Gasteiger partial charge in [-0.1, -0.05) is 54.9 Å². The molecule has 32 heavy (non-hydrogen) atoms. The van der Waals surface area contributed by atoms with E-state index >= 15 is 0 Å². The minimum Gasteiger partial charge on any atom is -0.364 e. The SMILES string of the molecule is CCC(CC)(c1ccc(NC(=O)CCc2conc2-c2ccc(Cl)cc2)cc1)P(=O)(O)O. The molecule has 0 saturated carbocycles. The molecule has 9 heteroatoms. The molecule has 2 aromatic carbocycles. The van der Waals surface area contributed by atoms with Gasteiger partial charge in [-0.3, -0.25) is 9.36 Å². The van der Waals surface area contributed by atoms with Gasteiger partial charge in [-0.05, 0) is 49.1 Å². The molecule has 0 radical (unpaired) electrons. The first-order chi connectivity index (χ1) is 15.2. The maximum absolute atomic E-state index is 12.4. The smallest absolute Gasteiger partial charge is 0.335 e. The first-order valence-corrected chi connectivity index (χ1v) is 12.3. The van der Waals surface area contributed by atoms with E-state index in [0.717, 1.165) is 11.1 Å². The number of carbonyl (C=O) groups is 1. The summed E-state index contributed by atoms with van der Waals surface area (Å²) in [6.07, 6.45) is 2.82. The number of benzene rings is 2. The summed E-state index contributed by atoms with van der Waals surface area (Å²) >= 11 is 5.93. The molecular formula is C23H26ClN2O5P. The van der Waals surface area contributed by atoms with E-state index in [0.29, 0.717) is 41.2 Å². The molecule has 0 spiro atoms. The predicted molar refractivity (Wildman–Crippen MR) is 125 cm³/mol. The summed E-state index contributed by atoms with van der Waals surface area (Å²) in [4.78, 5) is 32.2. The lowest BCUT2D eigenvalue weighted by Gasteiger charge is -2.33. The Kier molecular flexibility index (Phi) is 7.57. The van der Waals surface area contributed by atoms with Crippen LogP contribution in [-0.4, -0.2) is 20.9 Å². The number of aryl methyl sites for hydroxylation is 1. The fourth-order valence-corrected chi connectivity index (χ4v) is 5.29. The second-order valence-electron chi connectivity index (χ2n) is 7.60. The third-order valence-electron chi connectivity index (χ3n) is 5.82. The van der Waals surface area contributed by atoms with Crippen molar-refractivity contribution in [2.75, 3.05) is 5.32 Å². The van der Waals surface area contributed by atoms with Gasteiger partial charge in [-0.2, -0.15) is 0 Å². The number of carbonyl (C=O) groups excluding carboxylic acids is 1. The first-order valence-electron chi connectivity index (χ1n) is 10.4. The summed E-state index contributed by atoms with van der Waals surface area (Å²) in [6.45, 7) is 3.53. The van der Waals surface area contributed by atoms with E-state index in [1.54, 1.807) is 50.2 Å². The van der Waals surface area contributed by atoms with Crippen molar-refractivity contribution in [3.63, 3.8) is 0 Å². The van der Waals surface area contributed by atoms with Crippen LogP contribution in [0.2, 0.25) is 5.02 Å². The Bertz CT molecular complexity index is 1100. The van der Waals surface area contributed by atoms with Crippen LogP contribution in [-0.2, 0) is 20.9 Å². The molecular weight excluding hydrogens is 451 g/mol. The third kappa shape index (κ3) is 5.13. The highest BCUT2D eigenvalue weighted by atomic mass is 35.5. The zero-order valence-corrected chi connectivity index (χ0v) is 19.6. The van der Waals surface area contributed by atoms with Gasteiger partial charge in [0.2, 0.25) is 5.91 Å². The van der Waals surface area contributed by atoms with Crippen LogP contribution < -0.4 is 5.32 Å². The lowest BCUT2D eigenvalue weighted by atomic mass is 9.92. The van der Waals surface area contributed by atoms with Gasteiger partial charge in [0.05, 0.1) is 5.16 Å². The highest BCUT2D eigenvalue weighted by Gasteiger charge is 2.45. The fourth-order valence-electron chi connectivity index (χ4n) is 3.85. The molecule has 1 heterocycles. The summed E-state index contributed by atoms with van der Waals surface area (Å²) in [5.74, 6) is -0.187. The second kappa shape index (κ2) is 10.0. The molecule has 0 saturated heterocycles. The van der Waals surface area contributed by atoms with Crippen LogP contribution in [0.25, 0.3) is 11.3 Å². The third-order valence-corrected chi connectivity index (χ3v) is 8.07. The van der Waals surface area contributed by atoms with Crippen LogP contribution in [0.1, 0.15) is 44.2 Å². The Morgan fingerprint density at radius 3 is 2.28 bits per heavy atom. The molecule has 0 bridgehead atoms. The first kappa shape index (κ1) is 24.2. The monoisotopic (exact) mass is 476 g/mol. The summed E-state index contributed by atoms with van der Waals surface area (Å²) in [6, 6.07) is 13.9. The minimum absolute atomic E-state index is 0.187. The Labute approximate surface area is 191 Å². The van der Waals surface area contributed by atoms with Crippen molar-refractivity contribution in [1.29, 1.82) is 0 Å². The van der Waals surface area contributed by atoms with Crippen molar-refractivity contribution in [1.82, 2.24) is 5.16 Å². The molecule has 0 aliphatic rings. The lowest BCUT2D eigenvalue weighted by Crippen LogP contribution is -2.24. The van der Waals surface area contributed by atoms with Crippen molar-refractivity contribution in [2.45, 2.75) is 44.7 Å². The van der Waals surface area contributed by atoms with Crippen LogP contribution in [0.3, 0.4) is 0 Å². The standard InChI is InChI=1S/C23H26ClN2O5P/c1-3-23(4-2,32(28,29)30)18-8-12-20(13-9-18)25-21(27)14-7-17-15-31-26-22(17)16-5-10-19(24)11-6-16/h5-6,8-13,15H,3-4,7,14H2,1-2H3,(H,25,27)(H2,28,29,30). The second-order valence-corrected chi connectivity index (χ2v) is 9.98. The van der Waals surface area contributed by atoms with Crippen molar-refractivity contribution >= 4 is 30.8 Å². The van der Waals surface area contributed by atoms with Gasteiger partial charge in [-0.25, -0.2) is 0 Å². The zero-order chi connectivity index (χ0) is 23.4. The molecule has 0 atom stereocenters. The summed E-state index contributed by atoms with van der Waals surface area (Å²) in [7, 11) is -4.35. The zero-order valence-electron chi connectivity index (χ0n) is 17.9. The van der Waals surface area contributed by atoms with Crippen molar-refractivity contribution < 1.29 is 23.7 Å². The van der Waals surface area contributed by atoms with Gasteiger partial charge in [0, 0.05) is 28.3 Å². The van der Waals surface area contributed by atoms with Crippen LogP contribution in [0.5, 0.6) is 0 Å². The lowest BCUT2D eigenvalue weighted by molar-refractivity contribution is -0.116. The van der Waals surface area contributed by atoms with Crippen LogP contribution in [0.4, 0.5) is 5.69 Å². The van der Waals surface area contributed by atoms with Crippen LogP contribution in [0.15, 0.2) is 59.3 Å². The van der Waals surface area contributed by atoms with E-state index in [1.165, 1.54) is 6.26 Å². The predicted octanol–water partition coefficient (Wildman–Crippen LogP) is 5.76. The maximum Gasteiger partial charge on any atom is 0.335 e. The van der Waals surface area contributed by atoms with Gasteiger partial charge in [0.25, 0.3) is 0 Å². The van der Waals surface area contributed by atoms with E-state index in [-0.39, 0.29) is 12.3 Å². The number of nitrogens with zero attached hydrogens (tertiary/aromatic N) is 1. The molecule has 3 N–H and O–H groups in total. The molecule has 1 aromatic heterocycles. The minimum atomic E-state index is -4.35. The number of hydrogen-bond donors (Lipinski definition) is 3. The molecule has 0 fully saturated rings. The van der Waals surface area contributed by atoms with E-state index in [2.05, 4.69) is 10.5 Å². The Morgan fingerprint density at radius 1 is 1.09 bits per heavy atom.